The van der Waals surface area contributed by atoms with Gasteiger partial charge in [0.15, 0.2) is 0 Å². The van der Waals surface area contributed by atoms with Gasteiger partial charge in [0, 0.05) is 0 Å². The van der Waals surface area contributed by atoms with Gasteiger partial charge < -0.3 is 5.73 Å². The lowest BCUT2D eigenvalue weighted by atomic mass is 10.0. The van der Waals surface area contributed by atoms with Crippen LogP contribution in [0.5, 0.6) is 0 Å². The van der Waals surface area contributed by atoms with E-state index >= 15 is 0 Å². The second-order valence-electron chi connectivity index (χ2n) is 4.96. The average molecular weight is 189 g/mol. The molecule has 1 aromatic carbocycles. The average Bonchev–Trinajstić information content (AvgIpc) is 2.69. The molecule has 2 N–H and O–H groups in total. The van der Waals surface area contributed by atoms with Gasteiger partial charge in [0.1, 0.15) is 0 Å². The van der Waals surface area contributed by atoms with Crippen LogP contribution in [0.15, 0.2) is 30.3 Å². The molecule has 0 saturated heterocycles. The molecular formula is C13H19N. The van der Waals surface area contributed by atoms with Crippen molar-refractivity contribution in [1.82, 2.24) is 0 Å². The number of hydrogen-bond donors (Lipinski definition) is 1. The highest BCUT2D eigenvalue weighted by Crippen LogP contribution is 2.58. The Morgan fingerprint density at radius 3 is 2.29 bits per heavy atom. The quantitative estimate of drug-likeness (QED) is 0.776. The highest BCUT2D eigenvalue weighted by atomic mass is 14.7. The summed E-state index contributed by atoms with van der Waals surface area (Å²) in [4.78, 5) is 0. The van der Waals surface area contributed by atoms with Gasteiger partial charge >= 0.3 is 0 Å². The van der Waals surface area contributed by atoms with E-state index < -0.39 is 0 Å². The molecule has 0 unspecified atom stereocenters. The number of nitrogens with two attached hydrogens (primary N) is 1. The first kappa shape index (κ1) is 9.72. The molecule has 76 valence electrons. The van der Waals surface area contributed by atoms with Gasteiger partial charge in [-0.3, -0.25) is 0 Å². The highest BCUT2D eigenvalue weighted by molar-refractivity contribution is 5.19. The summed E-state index contributed by atoms with van der Waals surface area (Å²) in [6.45, 7) is 5.50. The molecule has 1 heteroatoms. The molecule has 1 saturated carbocycles. The lowest BCUT2D eigenvalue weighted by Crippen LogP contribution is -2.05. The van der Waals surface area contributed by atoms with E-state index in [2.05, 4.69) is 44.2 Å². The second kappa shape index (κ2) is 3.39. The van der Waals surface area contributed by atoms with Gasteiger partial charge in [-0.05, 0) is 35.8 Å². The van der Waals surface area contributed by atoms with Crippen molar-refractivity contribution in [2.24, 2.45) is 23.0 Å². The summed E-state index contributed by atoms with van der Waals surface area (Å²) in [5, 5.41) is 0. The summed E-state index contributed by atoms with van der Waals surface area (Å²) < 4.78 is 0. The fraction of sp³-hybridized carbons (Fsp3) is 0.538. The molecule has 1 aliphatic carbocycles. The topological polar surface area (TPSA) is 26.0 Å². The SMILES string of the molecule is CC1(C)[C@@H](CN)[C@@H]1Cc1ccccc1. The maximum atomic E-state index is 5.75. The maximum absolute atomic E-state index is 5.75. The normalized spacial score (nSPS) is 28.8. The third-order valence-electron chi connectivity index (χ3n) is 3.84. The van der Waals surface area contributed by atoms with Crippen molar-refractivity contribution < 1.29 is 0 Å². The second-order valence-corrected chi connectivity index (χ2v) is 4.96. The van der Waals surface area contributed by atoms with Gasteiger partial charge in [-0.25, -0.2) is 0 Å². The third-order valence-corrected chi connectivity index (χ3v) is 3.84. The number of benzene rings is 1. The van der Waals surface area contributed by atoms with Gasteiger partial charge in [-0.15, -0.1) is 0 Å². The molecule has 0 spiro atoms. The molecule has 1 aliphatic rings. The predicted octanol–water partition coefficient (Wildman–Crippen LogP) is 2.46. The van der Waals surface area contributed by atoms with E-state index in [4.69, 9.17) is 5.73 Å². The van der Waals surface area contributed by atoms with Crippen LogP contribution in [0.3, 0.4) is 0 Å². The zero-order chi connectivity index (χ0) is 10.2. The zero-order valence-electron chi connectivity index (χ0n) is 9.03. The Morgan fingerprint density at radius 2 is 1.79 bits per heavy atom. The summed E-state index contributed by atoms with van der Waals surface area (Å²) in [6.07, 6.45) is 1.19. The van der Waals surface area contributed by atoms with Crippen molar-refractivity contribution in [2.45, 2.75) is 20.3 Å². The Morgan fingerprint density at radius 1 is 1.14 bits per heavy atom. The van der Waals surface area contributed by atoms with E-state index in [-0.39, 0.29) is 0 Å². The first-order valence-corrected chi connectivity index (χ1v) is 5.40. The van der Waals surface area contributed by atoms with Crippen LogP contribution < -0.4 is 5.73 Å². The van der Waals surface area contributed by atoms with Gasteiger partial charge in [0.2, 0.25) is 0 Å². The molecule has 0 aromatic heterocycles. The van der Waals surface area contributed by atoms with Crippen molar-refractivity contribution in [1.29, 1.82) is 0 Å². The van der Waals surface area contributed by atoms with E-state index in [1.165, 1.54) is 12.0 Å². The fourth-order valence-electron chi connectivity index (χ4n) is 2.60. The summed E-state index contributed by atoms with van der Waals surface area (Å²) in [5.74, 6) is 1.51. The minimum atomic E-state index is 0.463. The van der Waals surface area contributed by atoms with Gasteiger partial charge in [0.05, 0.1) is 0 Å². The Balaban J connectivity index is 2.01. The molecule has 0 radical (unpaired) electrons. The van der Waals surface area contributed by atoms with Crippen LogP contribution in [0, 0.1) is 17.3 Å². The van der Waals surface area contributed by atoms with Crippen LogP contribution in [-0.4, -0.2) is 6.54 Å². The third kappa shape index (κ3) is 1.57. The predicted molar refractivity (Wildman–Crippen MR) is 60.0 cm³/mol. The molecule has 14 heavy (non-hydrogen) atoms. The Hall–Kier alpha value is -0.820. The lowest BCUT2D eigenvalue weighted by Gasteiger charge is -2.02. The maximum Gasteiger partial charge on any atom is -0.00407 e. The molecular weight excluding hydrogens is 170 g/mol. The van der Waals surface area contributed by atoms with Crippen molar-refractivity contribution in [3.63, 3.8) is 0 Å². The molecule has 1 fully saturated rings. The van der Waals surface area contributed by atoms with Crippen molar-refractivity contribution in [3.8, 4) is 0 Å². The molecule has 1 aromatic rings. The molecule has 1 nitrogen and oxygen atoms in total. The first-order chi connectivity index (χ1) is 6.66. The van der Waals surface area contributed by atoms with Crippen LogP contribution >= 0.6 is 0 Å². The smallest absolute Gasteiger partial charge is 0.00407 e. The van der Waals surface area contributed by atoms with Gasteiger partial charge in [-0.2, -0.15) is 0 Å². The number of hydrogen-bond acceptors (Lipinski definition) is 1. The van der Waals surface area contributed by atoms with Crippen molar-refractivity contribution in [2.75, 3.05) is 6.54 Å². The Labute approximate surface area is 86.3 Å². The van der Waals surface area contributed by atoms with E-state index in [1.54, 1.807) is 0 Å². The first-order valence-electron chi connectivity index (χ1n) is 5.40. The molecule has 0 heterocycles. The number of rotatable bonds is 3. The van der Waals surface area contributed by atoms with Crippen LogP contribution in [0.25, 0.3) is 0 Å². The minimum absolute atomic E-state index is 0.463. The summed E-state index contributed by atoms with van der Waals surface area (Å²) in [5.41, 5.74) is 7.66. The lowest BCUT2D eigenvalue weighted by molar-refractivity contribution is 0.536. The summed E-state index contributed by atoms with van der Waals surface area (Å²) >= 11 is 0. The standard InChI is InChI=1S/C13H19N/c1-13(2)11(12(13)9-14)8-10-6-4-3-5-7-10/h3-7,11-12H,8-9,14H2,1-2H3/t11-,12-/m0/s1. The van der Waals surface area contributed by atoms with Gasteiger partial charge in [0.25, 0.3) is 0 Å². The Bertz CT molecular complexity index is 302. The minimum Gasteiger partial charge on any atom is -0.330 e. The van der Waals surface area contributed by atoms with E-state index in [9.17, 15) is 0 Å². The van der Waals surface area contributed by atoms with E-state index in [0.717, 1.165) is 18.4 Å². The highest BCUT2D eigenvalue weighted by Gasteiger charge is 2.55. The largest absolute Gasteiger partial charge is 0.330 e. The molecule has 0 bridgehead atoms. The fourth-order valence-corrected chi connectivity index (χ4v) is 2.60. The summed E-state index contributed by atoms with van der Waals surface area (Å²) in [6, 6.07) is 10.7. The zero-order valence-corrected chi connectivity index (χ0v) is 9.03. The van der Waals surface area contributed by atoms with Crippen molar-refractivity contribution in [3.05, 3.63) is 35.9 Å². The van der Waals surface area contributed by atoms with Crippen LogP contribution in [-0.2, 0) is 6.42 Å². The monoisotopic (exact) mass is 189 g/mol. The van der Waals surface area contributed by atoms with Crippen molar-refractivity contribution >= 4 is 0 Å². The molecule has 0 amide bonds. The molecule has 2 rings (SSSR count). The van der Waals surface area contributed by atoms with E-state index in [1.807, 2.05) is 0 Å². The molecule has 2 atom stereocenters. The Kier molecular flexibility index (Phi) is 2.36. The van der Waals surface area contributed by atoms with Crippen LogP contribution in [0.1, 0.15) is 19.4 Å². The van der Waals surface area contributed by atoms with E-state index in [0.29, 0.717) is 5.41 Å². The summed E-state index contributed by atoms with van der Waals surface area (Å²) in [7, 11) is 0. The van der Waals surface area contributed by atoms with Crippen LogP contribution in [0.2, 0.25) is 0 Å². The van der Waals surface area contributed by atoms with Crippen LogP contribution in [0.4, 0.5) is 0 Å². The molecule has 0 aliphatic heterocycles. The van der Waals surface area contributed by atoms with Gasteiger partial charge in [-0.1, -0.05) is 44.2 Å².